The number of rotatable bonds is 16. The highest BCUT2D eigenvalue weighted by atomic mass is 32.2. The standard InChI is InChI=1S/C37H40O3S6/c1-5-7-8-9-10-11-18-40-19-17-25-21-30(31-35-32(45-37(31)39)23(4)36(38)46-35)44-34(25)29-16-14-27(43-29)26-13-15-28(42-26)33-24(12-6-2)20-22(3)41-33/h13-16,20-21H,5-12,17-19H2,1-4H3. The fourth-order valence-electron chi connectivity index (χ4n) is 5.84. The molecule has 242 valence electrons. The van der Waals surface area contributed by atoms with Gasteiger partial charge in [0.2, 0.25) is 10.2 Å². The highest BCUT2D eigenvalue weighted by Gasteiger charge is 2.39. The third kappa shape index (κ3) is 7.46. The van der Waals surface area contributed by atoms with Gasteiger partial charge in [0.05, 0.1) is 12.2 Å². The van der Waals surface area contributed by atoms with Crippen LogP contribution in [-0.2, 0) is 27.2 Å². The topological polar surface area (TPSA) is 43.4 Å². The number of carbonyl (C=O) groups is 2. The molecule has 6 rings (SSSR count). The Morgan fingerprint density at radius 2 is 1.22 bits per heavy atom. The Labute approximate surface area is 297 Å². The van der Waals surface area contributed by atoms with Gasteiger partial charge in [-0.25, -0.2) is 0 Å². The van der Waals surface area contributed by atoms with Crippen LogP contribution >= 0.6 is 68.9 Å². The number of carbonyl (C=O) groups excluding carboxylic acids is 2. The minimum atomic E-state index is 0.0484. The lowest BCUT2D eigenvalue weighted by Gasteiger charge is -2.05. The second-order valence-electron chi connectivity index (χ2n) is 11.8. The molecule has 0 amide bonds. The number of thiophene rings is 4. The van der Waals surface area contributed by atoms with E-state index in [2.05, 4.69) is 57.2 Å². The van der Waals surface area contributed by atoms with Crippen molar-refractivity contribution >= 4 is 84.7 Å². The molecule has 3 nitrogen and oxygen atoms in total. The minimum absolute atomic E-state index is 0.0484. The van der Waals surface area contributed by atoms with Gasteiger partial charge in [-0.1, -0.05) is 52.4 Å². The molecule has 0 saturated heterocycles. The van der Waals surface area contributed by atoms with E-state index in [1.54, 1.807) is 11.3 Å². The molecular weight excluding hydrogens is 685 g/mol. The highest BCUT2D eigenvalue weighted by molar-refractivity contribution is 8.25. The van der Waals surface area contributed by atoms with Gasteiger partial charge in [-0.15, -0.1) is 45.3 Å². The summed E-state index contributed by atoms with van der Waals surface area (Å²) in [6.45, 7) is 9.99. The molecule has 2 aliphatic heterocycles. The molecule has 4 aromatic rings. The van der Waals surface area contributed by atoms with E-state index in [-0.39, 0.29) is 10.2 Å². The normalized spacial score (nSPS) is 14.9. The maximum atomic E-state index is 13.2. The first-order valence-corrected chi connectivity index (χ1v) is 21.2. The quantitative estimate of drug-likeness (QED) is 0.108. The lowest BCUT2D eigenvalue weighted by molar-refractivity contribution is -0.107. The summed E-state index contributed by atoms with van der Waals surface area (Å²) in [4.78, 5) is 37.5. The van der Waals surface area contributed by atoms with Crippen molar-refractivity contribution in [3.05, 3.63) is 72.7 Å². The van der Waals surface area contributed by atoms with Crippen LogP contribution in [-0.4, -0.2) is 23.4 Å². The number of ether oxygens (including phenoxy) is 1. The largest absolute Gasteiger partial charge is 0.381 e. The van der Waals surface area contributed by atoms with E-state index in [1.165, 1.54) is 101 Å². The Kier molecular flexibility index (Phi) is 11.6. The summed E-state index contributed by atoms with van der Waals surface area (Å²) in [6.07, 6.45) is 10.6. The molecule has 0 saturated carbocycles. The van der Waals surface area contributed by atoms with Crippen LogP contribution in [0.3, 0.4) is 0 Å². The monoisotopic (exact) mass is 724 g/mol. The second kappa shape index (κ2) is 15.7. The highest BCUT2D eigenvalue weighted by Crippen LogP contribution is 2.56. The molecule has 0 fully saturated rings. The fourth-order valence-corrected chi connectivity index (χ4v) is 13.0. The number of hydrogen-bond acceptors (Lipinski definition) is 9. The molecule has 0 spiro atoms. The first-order chi connectivity index (χ1) is 22.4. The zero-order chi connectivity index (χ0) is 32.2. The maximum Gasteiger partial charge on any atom is 0.226 e. The van der Waals surface area contributed by atoms with Crippen LogP contribution in [0.5, 0.6) is 0 Å². The number of thioether (sulfide) groups is 2. The summed E-state index contributed by atoms with van der Waals surface area (Å²) < 4.78 is 6.11. The molecule has 0 unspecified atom stereocenters. The smallest absolute Gasteiger partial charge is 0.226 e. The summed E-state index contributed by atoms with van der Waals surface area (Å²) in [5, 5.41) is 0.104. The SMILES string of the molecule is CCCCCCCCOCCc1cc(C2=C3SC(=O)C(C)=C3SC2=O)sc1-c1ccc(-c2ccc(-c3sc(C)cc3CCC)s2)s1. The molecule has 2 aliphatic rings. The summed E-state index contributed by atoms with van der Waals surface area (Å²) in [6, 6.07) is 13.6. The number of aryl methyl sites for hydroxylation is 2. The second-order valence-corrected chi connectivity index (χ2v) is 18.3. The van der Waals surface area contributed by atoms with Gasteiger partial charge in [0.25, 0.3) is 0 Å². The first kappa shape index (κ1) is 34.2. The van der Waals surface area contributed by atoms with Crippen molar-refractivity contribution in [2.45, 2.75) is 85.5 Å². The van der Waals surface area contributed by atoms with Gasteiger partial charge in [-0.2, -0.15) is 0 Å². The lowest BCUT2D eigenvalue weighted by Crippen LogP contribution is -2.00. The van der Waals surface area contributed by atoms with Crippen LogP contribution in [0.1, 0.15) is 86.6 Å². The van der Waals surface area contributed by atoms with E-state index in [4.69, 9.17) is 4.74 Å². The van der Waals surface area contributed by atoms with Gasteiger partial charge in [0.15, 0.2) is 0 Å². The molecule has 0 N–H and O–H groups in total. The Morgan fingerprint density at radius 1 is 0.587 bits per heavy atom. The van der Waals surface area contributed by atoms with Crippen molar-refractivity contribution in [3.8, 4) is 29.3 Å². The third-order valence-corrected chi connectivity index (χ3v) is 15.6. The van der Waals surface area contributed by atoms with Crippen molar-refractivity contribution in [2.75, 3.05) is 13.2 Å². The van der Waals surface area contributed by atoms with Gasteiger partial charge in [0.1, 0.15) is 0 Å². The van der Waals surface area contributed by atoms with E-state index in [1.807, 2.05) is 40.9 Å². The molecule has 0 aliphatic carbocycles. The van der Waals surface area contributed by atoms with E-state index < -0.39 is 0 Å². The Bertz CT molecular complexity index is 1790. The van der Waals surface area contributed by atoms with E-state index in [0.29, 0.717) is 17.8 Å². The zero-order valence-electron chi connectivity index (χ0n) is 26.9. The first-order valence-electron chi connectivity index (χ1n) is 16.3. The van der Waals surface area contributed by atoms with Gasteiger partial charge in [-0.05, 0) is 104 Å². The van der Waals surface area contributed by atoms with Crippen molar-refractivity contribution in [3.63, 3.8) is 0 Å². The number of hydrogen-bond donors (Lipinski definition) is 0. The van der Waals surface area contributed by atoms with Crippen LogP contribution in [0.4, 0.5) is 0 Å². The predicted octanol–water partition coefficient (Wildman–Crippen LogP) is 12.6. The van der Waals surface area contributed by atoms with Crippen LogP contribution < -0.4 is 0 Å². The molecule has 0 atom stereocenters. The number of unbranched alkanes of at least 4 members (excludes halogenated alkanes) is 5. The van der Waals surface area contributed by atoms with Crippen LogP contribution in [0.15, 0.2) is 51.8 Å². The van der Waals surface area contributed by atoms with Gasteiger partial charge in [0, 0.05) is 61.0 Å². The van der Waals surface area contributed by atoms with Crippen molar-refractivity contribution in [2.24, 2.45) is 0 Å². The van der Waals surface area contributed by atoms with Crippen LogP contribution in [0.25, 0.3) is 34.8 Å². The van der Waals surface area contributed by atoms with E-state index in [9.17, 15) is 9.59 Å². The van der Waals surface area contributed by atoms with Gasteiger partial charge < -0.3 is 4.74 Å². The zero-order valence-corrected chi connectivity index (χ0v) is 31.8. The van der Waals surface area contributed by atoms with Crippen molar-refractivity contribution in [1.29, 1.82) is 0 Å². The maximum absolute atomic E-state index is 13.2. The Morgan fingerprint density at radius 3 is 1.93 bits per heavy atom. The summed E-state index contributed by atoms with van der Waals surface area (Å²) in [5.74, 6) is 0. The predicted molar refractivity (Wildman–Crippen MR) is 206 cm³/mol. The van der Waals surface area contributed by atoms with Crippen molar-refractivity contribution < 1.29 is 14.3 Å². The van der Waals surface area contributed by atoms with Crippen LogP contribution in [0, 0.1) is 6.92 Å². The van der Waals surface area contributed by atoms with E-state index in [0.717, 1.165) is 47.0 Å². The Hall–Kier alpha value is -1.72. The lowest BCUT2D eigenvalue weighted by atomic mass is 10.1. The van der Waals surface area contributed by atoms with Crippen LogP contribution in [0.2, 0.25) is 0 Å². The summed E-state index contributed by atoms with van der Waals surface area (Å²) in [7, 11) is 0. The van der Waals surface area contributed by atoms with Gasteiger partial charge >= 0.3 is 0 Å². The molecule has 0 radical (unpaired) electrons. The average molecular weight is 725 g/mol. The van der Waals surface area contributed by atoms with E-state index >= 15 is 0 Å². The third-order valence-electron chi connectivity index (χ3n) is 8.24. The Balaban J connectivity index is 1.24. The van der Waals surface area contributed by atoms with Crippen molar-refractivity contribution in [1.82, 2.24) is 0 Å². The van der Waals surface area contributed by atoms with Gasteiger partial charge in [-0.3, -0.25) is 9.59 Å². The molecule has 0 aromatic carbocycles. The number of fused-ring (bicyclic) bond motifs is 1. The minimum Gasteiger partial charge on any atom is -0.381 e. The summed E-state index contributed by atoms with van der Waals surface area (Å²) >= 11 is 9.72. The average Bonchev–Trinajstić information content (AvgIpc) is 3.88. The molecular formula is C37H40O3S6. The summed E-state index contributed by atoms with van der Waals surface area (Å²) in [5.41, 5.74) is 4.08. The molecule has 6 heterocycles. The fraction of sp³-hybridized carbons (Fsp3) is 0.405. The molecule has 9 heteroatoms. The molecule has 4 aromatic heterocycles. The molecule has 46 heavy (non-hydrogen) atoms. The molecule has 0 bridgehead atoms.